The summed E-state index contributed by atoms with van der Waals surface area (Å²) in [5.41, 5.74) is 6.30. The topological polar surface area (TPSA) is 79.0 Å². The average Bonchev–Trinajstić information content (AvgIpc) is 2.19. The maximum atomic E-state index is 10.2. The monoisotopic (exact) mass is 191 g/mol. The van der Waals surface area contributed by atoms with Crippen LogP contribution in [0.3, 0.4) is 0 Å². The van der Waals surface area contributed by atoms with Crippen molar-refractivity contribution in [2.45, 2.75) is 6.04 Å². The molecule has 1 rings (SSSR count). The van der Waals surface area contributed by atoms with Gasteiger partial charge in [0.1, 0.15) is 12.1 Å². The highest BCUT2D eigenvalue weighted by Gasteiger charge is 2.12. The van der Waals surface area contributed by atoms with Gasteiger partial charge in [-0.2, -0.15) is 0 Å². The Labute approximate surface area is 82.6 Å². The molecule has 0 aromatic heterocycles. The molecule has 1 atom stereocenters. The lowest BCUT2D eigenvalue weighted by molar-refractivity contribution is -0.107. The van der Waals surface area contributed by atoms with Crippen LogP contribution in [-0.2, 0) is 4.79 Å². The molecule has 0 saturated heterocycles. The number of aldehydes is 1. The zero-order valence-corrected chi connectivity index (χ0v) is 7.73. The van der Waals surface area contributed by atoms with E-state index < -0.39 is 0 Å². The summed E-state index contributed by atoms with van der Waals surface area (Å²) in [5.74, 6) is 0.0121. The van der Waals surface area contributed by atoms with Gasteiger partial charge in [-0.25, -0.2) is 0 Å². The molecule has 4 N–H and O–H groups in total. The minimum atomic E-state index is -0.374. The molecule has 0 bridgehead atoms. The molecule has 1 aromatic carbocycles. The molecular weight excluding hydrogens is 178 g/mol. The van der Waals surface area contributed by atoms with Gasteiger partial charge in [0.15, 0.2) is 0 Å². The standard InChI is InChI=1S/C10H13N3O/c11-10(12)9(13-6-7-14)8-4-2-1-3-5-8/h1-5,7,9,13H,6H2,(H3,11,12). The maximum Gasteiger partial charge on any atom is 0.133 e. The quantitative estimate of drug-likeness (QED) is 0.359. The number of benzene rings is 1. The molecule has 0 aliphatic rings. The molecule has 4 nitrogen and oxygen atoms in total. The number of nitrogens with two attached hydrogens (primary N) is 1. The predicted octanol–water partition coefficient (Wildman–Crippen LogP) is 0.452. The Bertz CT molecular complexity index is 310. The molecule has 0 spiro atoms. The second-order valence-electron chi connectivity index (χ2n) is 2.87. The third-order valence-corrected chi connectivity index (χ3v) is 1.85. The van der Waals surface area contributed by atoms with Gasteiger partial charge in [0, 0.05) is 0 Å². The Hall–Kier alpha value is -1.68. The fourth-order valence-corrected chi connectivity index (χ4v) is 1.22. The van der Waals surface area contributed by atoms with Gasteiger partial charge in [0.05, 0.1) is 12.6 Å². The van der Waals surface area contributed by atoms with Crippen LogP contribution in [0, 0.1) is 5.41 Å². The zero-order valence-electron chi connectivity index (χ0n) is 7.73. The number of nitrogens with one attached hydrogen (secondary N) is 2. The predicted molar refractivity (Wildman–Crippen MR) is 55.2 cm³/mol. The van der Waals surface area contributed by atoms with E-state index in [-0.39, 0.29) is 18.4 Å². The lowest BCUT2D eigenvalue weighted by atomic mass is 10.1. The summed E-state index contributed by atoms with van der Waals surface area (Å²) < 4.78 is 0. The van der Waals surface area contributed by atoms with E-state index in [0.717, 1.165) is 11.8 Å². The van der Waals surface area contributed by atoms with Gasteiger partial charge in [0.25, 0.3) is 0 Å². The Morgan fingerprint density at radius 3 is 2.64 bits per heavy atom. The summed E-state index contributed by atoms with van der Waals surface area (Å²) in [7, 11) is 0. The van der Waals surface area contributed by atoms with Crippen molar-refractivity contribution in [2.24, 2.45) is 5.73 Å². The summed E-state index contributed by atoms with van der Waals surface area (Å²) in [6.07, 6.45) is 0.749. The fourth-order valence-electron chi connectivity index (χ4n) is 1.22. The van der Waals surface area contributed by atoms with Crippen LogP contribution in [-0.4, -0.2) is 18.7 Å². The molecule has 0 aliphatic heterocycles. The van der Waals surface area contributed by atoms with Gasteiger partial charge >= 0.3 is 0 Å². The van der Waals surface area contributed by atoms with Crippen molar-refractivity contribution in [3.63, 3.8) is 0 Å². The Kier molecular flexibility index (Phi) is 3.82. The zero-order chi connectivity index (χ0) is 10.4. The van der Waals surface area contributed by atoms with Crippen LogP contribution in [0.15, 0.2) is 30.3 Å². The van der Waals surface area contributed by atoms with E-state index in [9.17, 15) is 4.79 Å². The summed E-state index contributed by atoms with van der Waals surface area (Å²) in [4.78, 5) is 10.2. The molecule has 0 radical (unpaired) electrons. The molecule has 0 fully saturated rings. The van der Waals surface area contributed by atoms with E-state index in [0.29, 0.717) is 0 Å². The molecule has 0 aliphatic carbocycles. The first kappa shape index (κ1) is 10.4. The van der Waals surface area contributed by atoms with Gasteiger partial charge in [-0.15, -0.1) is 0 Å². The second kappa shape index (κ2) is 5.14. The van der Waals surface area contributed by atoms with Crippen LogP contribution >= 0.6 is 0 Å². The minimum Gasteiger partial charge on any atom is -0.386 e. The first-order valence-corrected chi connectivity index (χ1v) is 4.31. The summed E-state index contributed by atoms with van der Waals surface area (Å²) in [6, 6.07) is 8.98. The number of amidine groups is 1. The number of hydrogen-bond acceptors (Lipinski definition) is 3. The molecule has 14 heavy (non-hydrogen) atoms. The van der Waals surface area contributed by atoms with E-state index in [1.54, 1.807) is 0 Å². The molecule has 0 saturated carbocycles. The number of carbonyl (C=O) groups excluding carboxylic acids is 1. The first-order valence-electron chi connectivity index (χ1n) is 4.31. The van der Waals surface area contributed by atoms with Crippen LogP contribution in [0.2, 0.25) is 0 Å². The van der Waals surface area contributed by atoms with Crippen LogP contribution < -0.4 is 11.1 Å². The SMILES string of the molecule is N=C(N)C(NCC=O)c1ccccc1. The van der Waals surface area contributed by atoms with Crippen molar-refractivity contribution in [1.29, 1.82) is 5.41 Å². The average molecular weight is 191 g/mol. The largest absolute Gasteiger partial charge is 0.386 e. The smallest absolute Gasteiger partial charge is 0.133 e. The lowest BCUT2D eigenvalue weighted by Crippen LogP contribution is -2.34. The van der Waals surface area contributed by atoms with Crippen LogP contribution in [0.5, 0.6) is 0 Å². The fraction of sp³-hybridized carbons (Fsp3) is 0.200. The number of carbonyl (C=O) groups is 1. The highest BCUT2D eigenvalue weighted by Crippen LogP contribution is 2.10. The first-order chi connectivity index (χ1) is 6.75. The van der Waals surface area contributed by atoms with E-state index >= 15 is 0 Å². The summed E-state index contributed by atoms with van der Waals surface area (Å²) >= 11 is 0. The van der Waals surface area contributed by atoms with Crippen molar-refractivity contribution >= 4 is 12.1 Å². The third-order valence-electron chi connectivity index (χ3n) is 1.85. The third kappa shape index (κ3) is 2.67. The highest BCUT2D eigenvalue weighted by atomic mass is 16.1. The molecule has 0 heterocycles. The van der Waals surface area contributed by atoms with Crippen molar-refractivity contribution in [2.75, 3.05) is 6.54 Å². The van der Waals surface area contributed by atoms with E-state index in [1.807, 2.05) is 30.3 Å². The lowest BCUT2D eigenvalue weighted by Gasteiger charge is -2.15. The van der Waals surface area contributed by atoms with E-state index in [1.165, 1.54) is 0 Å². The van der Waals surface area contributed by atoms with E-state index in [4.69, 9.17) is 11.1 Å². The highest BCUT2D eigenvalue weighted by molar-refractivity contribution is 5.84. The Balaban J connectivity index is 2.78. The molecule has 1 unspecified atom stereocenters. The molecule has 1 aromatic rings. The van der Waals surface area contributed by atoms with Crippen molar-refractivity contribution < 1.29 is 4.79 Å². The summed E-state index contributed by atoms with van der Waals surface area (Å²) in [5, 5.41) is 10.2. The minimum absolute atomic E-state index is 0.0121. The van der Waals surface area contributed by atoms with Gasteiger partial charge in [0.2, 0.25) is 0 Å². The van der Waals surface area contributed by atoms with Crippen LogP contribution in [0.1, 0.15) is 11.6 Å². The molecular formula is C10H13N3O. The number of hydrogen-bond donors (Lipinski definition) is 3. The van der Waals surface area contributed by atoms with Gasteiger partial charge in [-0.1, -0.05) is 30.3 Å². The molecule has 4 heteroatoms. The van der Waals surface area contributed by atoms with E-state index in [2.05, 4.69) is 5.32 Å². The van der Waals surface area contributed by atoms with Crippen LogP contribution in [0.4, 0.5) is 0 Å². The van der Waals surface area contributed by atoms with Crippen molar-refractivity contribution in [3.05, 3.63) is 35.9 Å². The van der Waals surface area contributed by atoms with Crippen molar-refractivity contribution in [3.8, 4) is 0 Å². The van der Waals surface area contributed by atoms with Crippen LogP contribution in [0.25, 0.3) is 0 Å². The number of rotatable bonds is 5. The Morgan fingerprint density at radius 2 is 2.14 bits per heavy atom. The van der Waals surface area contributed by atoms with Crippen molar-refractivity contribution in [1.82, 2.24) is 5.32 Å². The molecule has 74 valence electrons. The second-order valence-corrected chi connectivity index (χ2v) is 2.87. The normalized spacial score (nSPS) is 12.0. The maximum absolute atomic E-state index is 10.2. The Morgan fingerprint density at radius 1 is 1.50 bits per heavy atom. The molecule has 0 amide bonds. The van der Waals surface area contributed by atoms with Gasteiger partial charge in [-0.3, -0.25) is 10.7 Å². The van der Waals surface area contributed by atoms with Gasteiger partial charge in [-0.05, 0) is 5.56 Å². The van der Waals surface area contributed by atoms with Gasteiger partial charge < -0.3 is 10.5 Å². The summed E-state index contributed by atoms with van der Waals surface area (Å²) in [6.45, 7) is 0.194.